The first-order chi connectivity index (χ1) is 11.2. The van der Waals surface area contributed by atoms with E-state index in [1.165, 1.54) is 0 Å². The van der Waals surface area contributed by atoms with Crippen LogP contribution in [0.2, 0.25) is 5.02 Å². The molecule has 0 saturated carbocycles. The Labute approximate surface area is 152 Å². The minimum atomic E-state index is 0.649. The first-order valence-corrected chi connectivity index (χ1v) is 9.28. The molecule has 1 N–H and O–H groups in total. The van der Waals surface area contributed by atoms with Crippen LogP contribution in [0, 0.1) is 0 Å². The SMILES string of the molecule is C=CCCCC=CN=C1SCCN1C(=S)Nc1cccc(Cl)c1. The van der Waals surface area contributed by atoms with Gasteiger partial charge in [-0.05, 0) is 49.7 Å². The molecule has 0 radical (unpaired) electrons. The van der Waals surface area contributed by atoms with Gasteiger partial charge in [0, 0.05) is 29.2 Å². The summed E-state index contributed by atoms with van der Waals surface area (Å²) in [4.78, 5) is 6.55. The van der Waals surface area contributed by atoms with Crippen LogP contribution in [-0.4, -0.2) is 27.5 Å². The zero-order valence-electron chi connectivity index (χ0n) is 12.9. The maximum absolute atomic E-state index is 6.00. The fourth-order valence-electron chi connectivity index (χ4n) is 2.03. The Balaban J connectivity index is 1.92. The number of unbranched alkanes of at least 4 members (excludes halogenated alkanes) is 2. The molecule has 6 heteroatoms. The Hall–Kier alpha value is -1.30. The van der Waals surface area contributed by atoms with E-state index in [1.54, 1.807) is 11.8 Å². The second kappa shape index (κ2) is 9.75. The first kappa shape index (κ1) is 18.0. The van der Waals surface area contributed by atoms with Gasteiger partial charge in [-0.2, -0.15) is 0 Å². The summed E-state index contributed by atoms with van der Waals surface area (Å²) in [5.74, 6) is 0.987. The average molecular weight is 366 g/mol. The lowest BCUT2D eigenvalue weighted by Crippen LogP contribution is -2.35. The van der Waals surface area contributed by atoms with Crippen molar-refractivity contribution in [2.75, 3.05) is 17.6 Å². The van der Waals surface area contributed by atoms with Crippen molar-refractivity contribution >= 4 is 51.5 Å². The zero-order chi connectivity index (χ0) is 16.5. The third-order valence-corrected chi connectivity index (χ3v) is 4.70. The van der Waals surface area contributed by atoms with Crippen LogP contribution in [-0.2, 0) is 0 Å². The number of hydrogen-bond acceptors (Lipinski definition) is 3. The maximum atomic E-state index is 6.00. The highest BCUT2D eigenvalue weighted by Crippen LogP contribution is 2.21. The third-order valence-electron chi connectivity index (χ3n) is 3.17. The highest BCUT2D eigenvalue weighted by Gasteiger charge is 2.22. The fraction of sp³-hybridized carbons (Fsp3) is 0.294. The van der Waals surface area contributed by atoms with E-state index in [0.29, 0.717) is 10.1 Å². The van der Waals surface area contributed by atoms with Crippen molar-refractivity contribution in [2.45, 2.75) is 19.3 Å². The van der Waals surface area contributed by atoms with Gasteiger partial charge < -0.3 is 5.32 Å². The van der Waals surface area contributed by atoms with Gasteiger partial charge in [-0.15, -0.1) is 6.58 Å². The largest absolute Gasteiger partial charge is 0.332 e. The van der Waals surface area contributed by atoms with E-state index in [9.17, 15) is 0 Å². The summed E-state index contributed by atoms with van der Waals surface area (Å²) in [6.07, 6.45) is 9.05. The molecule has 1 saturated heterocycles. The smallest absolute Gasteiger partial charge is 0.179 e. The van der Waals surface area contributed by atoms with E-state index in [0.717, 1.165) is 42.4 Å². The first-order valence-electron chi connectivity index (χ1n) is 7.51. The van der Waals surface area contributed by atoms with Crippen LogP contribution >= 0.6 is 35.6 Å². The van der Waals surface area contributed by atoms with Crippen LogP contribution in [0.1, 0.15) is 19.3 Å². The summed E-state index contributed by atoms with van der Waals surface area (Å²) in [6.45, 7) is 4.58. The van der Waals surface area contributed by atoms with Crippen LogP contribution in [0.5, 0.6) is 0 Å². The average Bonchev–Trinajstić information content (AvgIpc) is 2.99. The molecule has 122 valence electrons. The molecule has 1 heterocycles. The number of thioether (sulfide) groups is 1. The highest BCUT2D eigenvalue weighted by molar-refractivity contribution is 8.14. The quantitative estimate of drug-likeness (QED) is 0.420. The lowest BCUT2D eigenvalue weighted by molar-refractivity contribution is 0.687. The Morgan fingerprint density at radius 3 is 3.13 bits per heavy atom. The van der Waals surface area contributed by atoms with Gasteiger partial charge in [-0.25, -0.2) is 4.99 Å². The Kier molecular flexibility index (Phi) is 7.65. The van der Waals surface area contributed by atoms with Gasteiger partial charge in [0.1, 0.15) is 0 Å². The van der Waals surface area contributed by atoms with E-state index in [-0.39, 0.29) is 0 Å². The highest BCUT2D eigenvalue weighted by atomic mass is 35.5. The molecule has 0 amide bonds. The van der Waals surface area contributed by atoms with Crippen LogP contribution in [0.15, 0.2) is 54.2 Å². The molecule has 2 rings (SSSR count). The molecule has 0 aromatic heterocycles. The summed E-state index contributed by atoms with van der Waals surface area (Å²) in [7, 11) is 0. The van der Waals surface area contributed by atoms with Crippen LogP contribution in [0.3, 0.4) is 0 Å². The van der Waals surface area contributed by atoms with Gasteiger partial charge in [0.2, 0.25) is 0 Å². The van der Waals surface area contributed by atoms with E-state index in [2.05, 4.69) is 23.0 Å². The lowest BCUT2D eigenvalue weighted by Gasteiger charge is -2.19. The molecule has 0 aliphatic carbocycles. The monoisotopic (exact) mass is 365 g/mol. The second-order valence-electron chi connectivity index (χ2n) is 4.96. The predicted octanol–water partition coefficient (Wildman–Crippen LogP) is 5.31. The number of aliphatic imine (C=N–C) groups is 1. The van der Waals surface area contributed by atoms with E-state index < -0.39 is 0 Å². The standard InChI is InChI=1S/C17H20ClN3S2/c1-2-3-4-5-6-10-19-17-21(11-12-23-17)16(22)20-15-9-7-8-14(18)13-15/h2,6-10,13H,1,3-5,11-12H2,(H,20,22). The van der Waals surface area contributed by atoms with Gasteiger partial charge in [-0.3, -0.25) is 4.90 Å². The molecule has 1 aromatic carbocycles. The molecule has 0 unspecified atom stereocenters. The van der Waals surface area contributed by atoms with Crippen molar-refractivity contribution in [1.82, 2.24) is 4.90 Å². The number of allylic oxidation sites excluding steroid dienone is 2. The Bertz CT molecular complexity index is 614. The summed E-state index contributed by atoms with van der Waals surface area (Å²) in [6, 6.07) is 7.53. The molecule has 1 fully saturated rings. The zero-order valence-corrected chi connectivity index (χ0v) is 15.3. The maximum Gasteiger partial charge on any atom is 0.179 e. The molecular weight excluding hydrogens is 346 g/mol. The molecule has 23 heavy (non-hydrogen) atoms. The molecule has 1 aliphatic heterocycles. The summed E-state index contributed by atoms with van der Waals surface area (Å²) >= 11 is 13.2. The molecule has 3 nitrogen and oxygen atoms in total. The van der Waals surface area contributed by atoms with Crippen molar-refractivity contribution in [2.24, 2.45) is 4.99 Å². The van der Waals surface area contributed by atoms with E-state index >= 15 is 0 Å². The van der Waals surface area contributed by atoms with Gasteiger partial charge in [0.25, 0.3) is 0 Å². The van der Waals surface area contributed by atoms with E-state index in [1.807, 2.05) is 41.4 Å². The summed E-state index contributed by atoms with van der Waals surface area (Å²) in [5, 5.41) is 5.49. The molecule has 0 spiro atoms. The minimum Gasteiger partial charge on any atom is -0.332 e. The number of hydrogen-bond donors (Lipinski definition) is 1. The number of amidine groups is 1. The Morgan fingerprint density at radius 2 is 2.35 bits per heavy atom. The number of thiocarbonyl (C=S) groups is 1. The van der Waals surface area contributed by atoms with Crippen molar-refractivity contribution in [3.05, 3.63) is 54.2 Å². The minimum absolute atomic E-state index is 0.649. The number of nitrogens with one attached hydrogen (secondary N) is 1. The number of nitrogens with zero attached hydrogens (tertiary/aromatic N) is 2. The van der Waals surface area contributed by atoms with Crippen molar-refractivity contribution in [3.8, 4) is 0 Å². The van der Waals surface area contributed by atoms with E-state index in [4.69, 9.17) is 23.8 Å². The van der Waals surface area contributed by atoms with Gasteiger partial charge in [0.15, 0.2) is 10.3 Å². The van der Waals surface area contributed by atoms with Crippen molar-refractivity contribution < 1.29 is 0 Å². The molecule has 1 aliphatic rings. The number of anilines is 1. The molecular formula is C17H20ClN3S2. The van der Waals surface area contributed by atoms with Crippen LogP contribution in [0.4, 0.5) is 5.69 Å². The fourth-order valence-corrected chi connectivity index (χ4v) is 3.50. The summed E-state index contributed by atoms with van der Waals surface area (Å²) in [5.41, 5.74) is 0.888. The number of halogens is 1. The molecule has 1 aromatic rings. The van der Waals surface area contributed by atoms with Crippen LogP contribution < -0.4 is 5.32 Å². The van der Waals surface area contributed by atoms with Crippen molar-refractivity contribution in [1.29, 1.82) is 0 Å². The van der Waals surface area contributed by atoms with Crippen molar-refractivity contribution in [3.63, 3.8) is 0 Å². The third kappa shape index (κ3) is 6.01. The molecule has 0 bridgehead atoms. The predicted molar refractivity (Wildman–Crippen MR) is 107 cm³/mol. The Morgan fingerprint density at radius 1 is 1.48 bits per heavy atom. The van der Waals surface area contributed by atoms with Gasteiger partial charge >= 0.3 is 0 Å². The summed E-state index contributed by atoms with van der Waals surface area (Å²) < 4.78 is 0. The lowest BCUT2D eigenvalue weighted by atomic mass is 10.2. The van der Waals surface area contributed by atoms with Gasteiger partial charge in [-0.1, -0.05) is 41.6 Å². The number of benzene rings is 1. The number of rotatable bonds is 6. The second-order valence-corrected chi connectivity index (χ2v) is 6.84. The van der Waals surface area contributed by atoms with Crippen LogP contribution in [0.25, 0.3) is 0 Å². The topological polar surface area (TPSA) is 27.6 Å². The van der Waals surface area contributed by atoms with Gasteiger partial charge in [0.05, 0.1) is 0 Å². The molecule has 0 atom stereocenters. The normalized spacial score (nSPS) is 16.2.